The molecule has 7 nitrogen and oxygen atoms in total. The molecular formula is C25H26ClN3O4S. The average Bonchev–Trinajstić information content (AvgIpc) is 2.83. The molecule has 1 amide bonds. The molecule has 0 aromatic heterocycles. The molecule has 3 rings (SSSR count). The van der Waals surface area contributed by atoms with Gasteiger partial charge in [-0.25, -0.2) is 13.8 Å². The van der Waals surface area contributed by atoms with E-state index in [1.807, 2.05) is 32.9 Å². The quantitative estimate of drug-likeness (QED) is 0.362. The summed E-state index contributed by atoms with van der Waals surface area (Å²) in [5.41, 5.74) is 6.77. The molecule has 0 radical (unpaired) electrons. The number of halogens is 1. The highest BCUT2D eigenvalue weighted by Crippen LogP contribution is 2.34. The van der Waals surface area contributed by atoms with Crippen LogP contribution in [0.4, 0.5) is 5.69 Å². The van der Waals surface area contributed by atoms with Crippen molar-refractivity contribution in [3.05, 3.63) is 87.9 Å². The molecule has 0 atom stereocenters. The SMILES string of the molecule is COc1ccc(Cl)cc1N(CC(=O)N/N=C\c1ccc(C)c(C)c1C)S(=O)(=O)c1ccccc1. The Morgan fingerprint density at radius 3 is 2.44 bits per heavy atom. The van der Waals surface area contributed by atoms with Crippen LogP contribution in [0.2, 0.25) is 5.02 Å². The molecule has 3 aromatic rings. The second-order valence-electron chi connectivity index (χ2n) is 7.66. The third kappa shape index (κ3) is 5.58. The van der Waals surface area contributed by atoms with Gasteiger partial charge in [-0.05, 0) is 73.4 Å². The number of benzene rings is 3. The largest absolute Gasteiger partial charge is 0.495 e. The minimum absolute atomic E-state index is 0.0269. The molecule has 1 N–H and O–H groups in total. The number of ether oxygens (including phenoxy) is 1. The van der Waals surface area contributed by atoms with Crippen LogP contribution in [0.3, 0.4) is 0 Å². The summed E-state index contributed by atoms with van der Waals surface area (Å²) in [6.07, 6.45) is 1.54. The fraction of sp³-hybridized carbons (Fsp3) is 0.200. The maximum absolute atomic E-state index is 13.5. The number of carbonyl (C=O) groups is 1. The third-order valence-corrected chi connectivity index (χ3v) is 7.53. The highest BCUT2D eigenvalue weighted by molar-refractivity contribution is 7.92. The topological polar surface area (TPSA) is 88.1 Å². The highest BCUT2D eigenvalue weighted by Gasteiger charge is 2.29. The summed E-state index contributed by atoms with van der Waals surface area (Å²) in [6.45, 7) is 5.49. The van der Waals surface area contributed by atoms with E-state index in [0.29, 0.717) is 5.02 Å². The molecule has 0 aliphatic heterocycles. The van der Waals surface area contributed by atoms with E-state index in [0.717, 1.165) is 26.6 Å². The number of nitrogens with one attached hydrogen (secondary N) is 1. The van der Waals surface area contributed by atoms with Gasteiger partial charge < -0.3 is 4.74 Å². The molecule has 0 unspecified atom stereocenters. The predicted octanol–water partition coefficient (Wildman–Crippen LogP) is 4.62. The molecule has 0 heterocycles. The van der Waals surface area contributed by atoms with Crippen LogP contribution in [-0.4, -0.2) is 34.2 Å². The predicted molar refractivity (Wildman–Crippen MR) is 135 cm³/mol. The highest BCUT2D eigenvalue weighted by atomic mass is 35.5. The van der Waals surface area contributed by atoms with Gasteiger partial charge >= 0.3 is 0 Å². The summed E-state index contributed by atoms with van der Waals surface area (Å²) in [6, 6.07) is 16.3. The van der Waals surface area contributed by atoms with E-state index in [1.165, 1.54) is 31.5 Å². The van der Waals surface area contributed by atoms with Gasteiger partial charge in [0.15, 0.2) is 0 Å². The maximum atomic E-state index is 13.5. The van der Waals surface area contributed by atoms with Crippen molar-refractivity contribution in [1.29, 1.82) is 0 Å². The van der Waals surface area contributed by atoms with Crippen LogP contribution < -0.4 is 14.5 Å². The standard InChI is InChI=1S/C25H26ClN3O4S/c1-17-10-11-20(19(3)18(17)2)15-27-28-25(30)16-29(23-14-21(26)12-13-24(23)33-4)34(31,32)22-8-6-5-7-9-22/h5-15H,16H2,1-4H3,(H,28,30)/b27-15-. The van der Waals surface area contributed by atoms with Gasteiger partial charge in [-0.3, -0.25) is 9.10 Å². The van der Waals surface area contributed by atoms with Crippen LogP contribution in [0.25, 0.3) is 0 Å². The number of methoxy groups -OCH3 is 1. The summed E-state index contributed by atoms with van der Waals surface area (Å²) in [5, 5.41) is 4.33. The summed E-state index contributed by atoms with van der Waals surface area (Å²) in [4.78, 5) is 12.8. The zero-order valence-corrected chi connectivity index (χ0v) is 20.9. The molecule has 9 heteroatoms. The number of nitrogens with zero attached hydrogens (tertiary/aromatic N) is 2. The lowest BCUT2D eigenvalue weighted by molar-refractivity contribution is -0.119. The molecule has 0 fully saturated rings. The molecule has 0 aliphatic rings. The van der Waals surface area contributed by atoms with Gasteiger partial charge in [-0.15, -0.1) is 0 Å². The Morgan fingerprint density at radius 1 is 1.06 bits per heavy atom. The van der Waals surface area contributed by atoms with E-state index in [1.54, 1.807) is 30.3 Å². The molecule has 3 aromatic carbocycles. The number of anilines is 1. The minimum atomic E-state index is -4.11. The van der Waals surface area contributed by atoms with E-state index in [9.17, 15) is 13.2 Å². The monoisotopic (exact) mass is 499 g/mol. The molecular weight excluding hydrogens is 474 g/mol. The Kier molecular flexibility index (Phi) is 7.96. The van der Waals surface area contributed by atoms with Crippen LogP contribution >= 0.6 is 11.6 Å². The maximum Gasteiger partial charge on any atom is 0.264 e. The molecule has 0 spiro atoms. The number of rotatable bonds is 8. The van der Waals surface area contributed by atoms with Gasteiger partial charge in [0.05, 0.1) is 23.9 Å². The van der Waals surface area contributed by atoms with E-state index >= 15 is 0 Å². The first-order chi connectivity index (χ1) is 16.1. The van der Waals surface area contributed by atoms with Crippen molar-refractivity contribution in [2.24, 2.45) is 5.10 Å². The van der Waals surface area contributed by atoms with E-state index < -0.39 is 22.5 Å². The summed E-state index contributed by atoms with van der Waals surface area (Å²) >= 11 is 6.14. The Hall–Kier alpha value is -3.36. The first-order valence-electron chi connectivity index (χ1n) is 10.4. The molecule has 0 saturated heterocycles. The van der Waals surface area contributed by atoms with Gasteiger partial charge in [0.25, 0.3) is 15.9 Å². The zero-order valence-electron chi connectivity index (χ0n) is 19.4. The van der Waals surface area contributed by atoms with E-state index in [2.05, 4.69) is 10.5 Å². The Bertz CT molecular complexity index is 1330. The number of sulfonamides is 1. The lowest BCUT2D eigenvalue weighted by atomic mass is 10.00. The molecule has 178 valence electrons. The van der Waals surface area contributed by atoms with Crippen molar-refractivity contribution in [3.63, 3.8) is 0 Å². The number of hydrogen-bond donors (Lipinski definition) is 1. The molecule has 34 heavy (non-hydrogen) atoms. The fourth-order valence-corrected chi connectivity index (χ4v) is 4.94. The van der Waals surface area contributed by atoms with Crippen molar-refractivity contribution in [2.75, 3.05) is 18.0 Å². The van der Waals surface area contributed by atoms with Gasteiger partial charge in [-0.1, -0.05) is 41.9 Å². The van der Waals surface area contributed by atoms with Crippen LogP contribution in [0.5, 0.6) is 5.75 Å². The van der Waals surface area contributed by atoms with Gasteiger partial charge in [-0.2, -0.15) is 5.10 Å². The van der Waals surface area contributed by atoms with Crippen molar-refractivity contribution in [3.8, 4) is 5.75 Å². The smallest absolute Gasteiger partial charge is 0.264 e. The minimum Gasteiger partial charge on any atom is -0.495 e. The second-order valence-corrected chi connectivity index (χ2v) is 9.95. The lowest BCUT2D eigenvalue weighted by Crippen LogP contribution is -2.39. The van der Waals surface area contributed by atoms with Gasteiger partial charge in [0.2, 0.25) is 0 Å². The Morgan fingerprint density at radius 2 is 1.76 bits per heavy atom. The van der Waals surface area contributed by atoms with Gasteiger partial charge in [0.1, 0.15) is 12.3 Å². The van der Waals surface area contributed by atoms with Crippen LogP contribution in [0.1, 0.15) is 22.3 Å². The Balaban J connectivity index is 1.91. The third-order valence-electron chi connectivity index (χ3n) is 5.52. The van der Waals surface area contributed by atoms with Crippen molar-refractivity contribution in [2.45, 2.75) is 25.7 Å². The number of aryl methyl sites for hydroxylation is 1. The number of carbonyl (C=O) groups excluding carboxylic acids is 1. The number of hydrogen-bond acceptors (Lipinski definition) is 5. The summed E-state index contributed by atoms with van der Waals surface area (Å²) in [5.74, 6) is -0.370. The van der Waals surface area contributed by atoms with Crippen molar-refractivity contribution in [1.82, 2.24) is 5.43 Å². The van der Waals surface area contributed by atoms with Crippen molar-refractivity contribution >= 4 is 39.4 Å². The van der Waals surface area contributed by atoms with Gasteiger partial charge in [0, 0.05) is 5.02 Å². The lowest BCUT2D eigenvalue weighted by Gasteiger charge is -2.25. The normalized spacial score (nSPS) is 11.4. The van der Waals surface area contributed by atoms with E-state index in [4.69, 9.17) is 16.3 Å². The summed E-state index contributed by atoms with van der Waals surface area (Å²) in [7, 11) is -2.70. The molecule has 0 aliphatic carbocycles. The number of hydrazone groups is 1. The first kappa shape index (κ1) is 25.3. The first-order valence-corrected chi connectivity index (χ1v) is 12.3. The zero-order chi connectivity index (χ0) is 24.9. The second kappa shape index (κ2) is 10.7. The van der Waals surface area contributed by atoms with Crippen LogP contribution in [0.15, 0.2) is 70.7 Å². The Labute approximate surface area is 205 Å². The average molecular weight is 500 g/mol. The molecule has 0 saturated carbocycles. The van der Waals surface area contributed by atoms with Crippen molar-refractivity contribution < 1.29 is 17.9 Å². The fourth-order valence-electron chi connectivity index (χ4n) is 3.33. The summed E-state index contributed by atoms with van der Waals surface area (Å²) < 4.78 is 33.2. The molecule has 0 bridgehead atoms. The number of amides is 1. The van der Waals surface area contributed by atoms with Crippen LogP contribution in [0, 0.1) is 20.8 Å². The van der Waals surface area contributed by atoms with E-state index in [-0.39, 0.29) is 16.3 Å². The van der Waals surface area contributed by atoms with Crippen LogP contribution in [-0.2, 0) is 14.8 Å².